The van der Waals surface area contributed by atoms with Crippen LogP contribution in [0, 0.1) is 0 Å². The molecule has 2 aliphatic rings. The molecular formula is C18H20N2O2S. The molecule has 2 aromatic rings. The third-order valence-corrected chi connectivity index (χ3v) is 5.85. The first kappa shape index (κ1) is 14.7. The summed E-state index contributed by atoms with van der Waals surface area (Å²) in [5, 5.41) is 3.29. The van der Waals surface area contributed by atoms with Gasteiger partial charge in [-0.25, -0.2) is 0 Å². The van der Waals surface area contributed by atoms with Gasteiger partial charge < -0.3 is 15.0 Å². The summed E-state index contributed by atoms with van der Waals surface area (Å²) in [6.45, 7) is 2.20. The Balaban J connectivity index is 1.62. The Kier molecular flexibility index (Phi) is 3.83. The maximum Gasteiger partial charge on any atom is 0.264 e. The number of nitrogens with one attached hydrogen (secondary N) is 1. The zero-order valence-corrected chi connectivity index (χ0v) is 14.0. The van der Waals surface area contributed by atoms with Gasteiger partial charge in [0.25, 0.3) is 5.91 Å². The van der Waals surface area contributed by atoms with Crippen molar-refractivity contribution >= 4 is 17.2 Å². The van der Waals surface area contributed by atoms with E-state index in [-0.39, 0.29) is 5.91 Å². The number of likely N-dealkylation sites (tertiary alicyclic amines) is 1. The fraction of sp³-hybridized carbons (Fsp3) is 0.389. The van der Waals surface area contributed by atoms with E-state index < -0.39 is 0 Å². The first-order chi connectivity index (χ1) is 11.3. The number of fused-ring (bicyclic) bond motifs is 3. The Morgan fingerprint density at radius 3 is 3.13 bits per heavy atom. The number of carbonyl (C=O) groups excluding carboxylic acids is 1. The summed E-state index contributed by atoms with van der Waals surface area (Å²) >= 11 is 1.60. The van der Waals surface area contributed by atoms with Crippen LogP contribution in [0.25, 0.3) is 10.4 Å². The number of nitrogens with zero attached hydrogens (tertiary/aromatic N) is 1. The third kappa shape index (κ3) is 2.64. The van der Waals surface area contributed by atoms with Gasteiger partial charge in [0.15, 0.2) is 0 Å². The second-order valence-electron chi connectivity index (χ2n) is 6.13. The van der Waals surface area contributed by atoms with Crippen molar-refractivity contribution in [2.75, 3.05) is 20.1 Å². The number of hydrogen-bond acceptors (Lipinski definition) is 4. The van der Waals surface area contributed by atoms with Crippen molar-refractivity contribution in [2.24, 2.45) is 0 Å². The van der Waals surface area contributed by atoms with E-state index in [0.29, 0.717) is 12.6 Å². The van der Waals surface area contributed by atoms with Crippen molar-refractivity contribution in [3.8, 4) is 16.2 Å². The van der Waals surface area contributed by atoms with Gasteiger partial charge in [0, 0.05) is 35.1 Å². The number of thiophene rings is 1. The van der Waals surface area contributed by atoms with Crippen LogP contribution < -0.4 is 10.1 Å². The molecule has 1 unspecified atom stereocenters. The highest BCUT2D eigenvalue weighted by Gasteiger charge is 2.27. The molecule has 0 radical (unpaired) electrons. The molecule has 5 heteroatoms. The monoisotopic (exact) mass is 328 g/mol. The summed E-state index contributed by atoms with van der Waals surface area (Å²) in [6.07, 6.45) is 2.21. The average molecular weight is 328 g/mol. The molecule has 1 saturated heterocycles. The topological polar surface area (TPSA) is 41.6 Å². The van der Waals surface area contributed by atoms with Crippen LogP contribution >= 0.6 is 11.3 Å². The molecule has 1 N–H and O–H groups in total. The number of piperidine rings is 1. The SMILES string of the molecule is CNC1CCCN(C(=O)c2cc3c(s2)-c2ccccc2OC3)C1. The molecule has 0 spiro atoms. The van der Waals surface area contributed by atoms with E-state index in [9.17, 15) is 4.79 Å². The molecular weight excluding hydrogens is 308 g/mol. The molecule has 0 aliphatic carbocycles. The molecule has 1 aromatic heterocycles. The van der Waals surface area contributed by atoms with Gasteiger partial charge in [0.1, 0.15) is 12.4 Å². The minimum absolute atomic E-state index is 0.154. The van der Waals surface area contributed by atoms with Crippen molar-refractivity contribution in [3.05, 3.63) is 40.8 Å². The van der Waals surface area contributed by atoms with Crippen LogP contribution in [0.15, 0.2) is 30.3 Å². The zero-order valence-electron chi connectivity index (χ0n) is 13.2. The summed E-state index contributed by atoms with van der Waals surface area (Å²) in [5.74, 6) is 1.07. The minimum Gasteiger partial charge on any atom is -0.488 e. The second kappa shape index (κ2) is 5.98. The van der Waals surface area contributed by atoms with Gasteiger partial charge in [-0.05, 0) is 38.1 Å². The Labute approximate surface area is 140 Å². The van der Waals surface area contributed by atoms with E-state index in [1.807, 2.05) is 36.2 Å². The number of rotatable bonds is 2. The van der Waals surface area contributed by atoms with Gasteiger partial charge in [0.05, 0.1) is 4.88 Å². The van der Waals surface area contributed by atoms with Crippen molar-refractivity contribution < 1.29 is 9.53 Å². The molecule has 1 atom stereocenters. The van der Waals surface area contributed by atoms with Crippen LogP contribution in [0.5, 0.6) is 5.75 Å². The lowest BCUT2D eigenvalue weighted by Gasteiger charge is -2.32. The largest absolute Gasteiger partial charge is 0.488 e. The van der Waals surface area contributed by atoms with E-state index in [1.165, 1.54) is 4.88 Å². The molecule has 1 aromatic carbocycles. The average Bonchev–Trinajstić information content (AvgIpc) is 3.06. The van der Waals surface area contributed by atoms with E-state index in [1.54, 1.807) is 11.3 Å². The smallest absolute Gasteiger partial charge is 0.264 e. The van der Waals surface area contributed by atoms with E-state index >= 15 is 0 Å². The molecule has 120 valence electrons. The summed E-state index contributed by atoms with van der Waals surface area (Å²) in [5.41, 5.74) is 2.23. The van der Waals surface area contributed by atoms with Crippen LogP contribution in [-0.2, 0) is 6.61 Å². The van der Waals surface area contributed by atoms with Gasteiger partial charge in [-0.1, -0.05) is 12.1 Å². The normalized spacial score (nSPS) is 19.7. The number of benzene rings is 1. The molecule has 4 rings (SSSR count). The first-order valence-corrected chi connectivity index (χ1v) is 8.89. The third-order valence-electron chi connectivity index (χ3n) is 4.65. The van der Waals surface area contributed by atoms with Crippen LogP contribution in [0.2, 0.25) is 0 Å². The van der Waals surface area contributed by atoms with Gasteiger partial charge in [-0.3, -0.25) is 4.79 Å². The van der Waals surface area contributed by atoms with Crippen molar-refractivity contribution in [2.45, 2.75) is 25.5 Å². The molecule has 0 bridgehead atoms. The van der Waals surface area contributed by atoms with E-state index in [0.717, 1.165) is 47.7 Å². The van der Waals surface area contributed by atoms with E-state index in [4.69, 9.17) is 4.74 Å². The maximum atomic E-state index is 12.9. The fourth-order valence-electron chi connectivity index (χ4n) is 3.36. The van der Waals surface area contributed by atoms with Crippen LogP contribution in [0.3, 0.4) is 0 Å². The Morgan fingerprint density at radius 1 is 1.39 bits per heavy atom. The Bertz CT molecular complexity index is 740. The lowest BCUT2D eigenvalue weighted by Crippen LogP contribution is -2.46. The Morgan fingerprint density at radius 2 is 2.26 bits per heavy atom. The number of amides is 1. The number of carbonyl (C=O) groups is 1. The molecule has 2 aliphatic heterocycles. The highest BCUT2D eigenvalue weighted by molar-refractivity contribution is 7.17. The lowest BCUT2D eigenvalue weighted by atomic mass is 10.1. The van der Waals surface area contributed by atoms with Crippen LogP contribution in [0.4, 0.5) is 0 Å². The molecule has 1 fully saturated rings. The Hall–Kier alpha value is -1.85. The molecule has 23 heavy (non-hydrogen) atoms. The summed E-state index contributed by atoms with van der Waals surface area (Å²) < 4.78 is 5.79. The maximum absolute atomic E-state index is 12.9. The van der Waals surface area contributed by atoms with Crippen LogP contribution in [-0.4, -0.2) is 37.0 Å². The van der Waals surface area contributed by atoms with Gasteiger partial charge in [-0.2, -0.15) is 0 Å². The lowest BCUT2D eigenvalue weighted by molar-refractivity contribution is 0.0703. The van der Waals surface area contributed by atoms with Gasteiger partial charge in [0.2, 0.25) is 0 Å². The molecule has 1 amide bonds. The zero-order chi connectivity index (χ0) is 15.8. The highest BCUT2D eigenvalue weighted by atomic mass is 32.1. The molecule has 3 heterocycles. The van der Waals surface area contributed by atoms with Crippen LogP contribution in [0.1, 0.15) is 28.1 Å². The number of ether oxygens (including phenoxy) is 1. The van der Waals surface area contributed by atoms with E-state index in [2.05, 4.69) is 11.4 Å². The van der Waals surface area contributed by atoms with Crippen molar-refractivity contribution in [1.29, 1.82) is 0 Å². The first-order valence-electron chi connectivity index (χ1n) is 8.07. The minimum atomic E-state index is 0.154. The van der Waals surface area contributed by atoms with Gasteiger partial charge >= 0.3 is 0 Å². The number of likely N-dealkylation sites (N-methyl/N-ethyl adjacent to an activating group) is 1. The fourth-order valence-corrected chi connectivity index (χ4v) is 4.52. The summed E-state index contributed by atoms with van der Waals surface area (Å²) in [7, 11) is 1.97. The number of para-hydroxylation sites is 1. The summed E-state index contributed by atoms with van der Waals surface area (Å²) in [4.78, 5) is 16.8. The van der Waals surface area contributed by atoms with Crippen molar-refractivity contribution in [3.63, 3.8) is 0 Å². The van der Waals surface area contributed by atoms with Crippen molar-refractivity contribution in [1.82, 2.24) is 10.2 Å². The molecule has 4 nitrogen and oxygen atoms in total. The second-order valence-corrected chi connectivity index (χ2v) is 7.18. The standard InChI is InChI=1S/C18H20N2O2S/c1-19-13-5-4-8-20(10-13)18(21)16-9-12-11-22-15-7-3-2-6-14(15)17(12)23-16/h2-3,6-7,9,13,19H,4-5,8,10-11H2,1H3. The number of hydrogen-bond donors (Lipinski definition) is 1. The predicted molar refractivity (Wildman–Crippen MR) is 92.1 cm³/mol. The molecule has 0 saturated carbocycles. The quantitative estimate of drug-likeness (QED) is 0.921. The van der Waals surface area contributed by atoms with Gasteiger partial charge in [-0.15, -0.1) is 11.3 Å². The predicted octanol–water partition coefficient (Wildman–Crippen LogP) is 3.13. The summed E-state index contributed by atoms with van der Waals surface area (Å²) in [6, 6.07) is 10.5. The highest BCUT2D eigenvalue weighted by Crippen LogP contribution is 2.42.